The van der Waals surface area contributed by atoms with Gasteiger partial charge in [-0.3, -0.25) is 4.98 Å². The summed E-state index contributed by atoms with van der Waals surface area (Å²) in [6.45, 7) is 3.52. The summed E-state index contributed by atoms with van der Waals surface area (Å²) in [5.74, 6) is 0.878. The number of aromatic nitrogens is 1. The van der Waals surface area contributed by atoms with Crippen molar-refractivity contribution in [1.29, 1.82) is 0 Å². The van der Waals surface area contributed by atoms with Crippen molar-refractivity contribution in [2.45, 2.75) is 51.1 Å². The average Bonchev–Trinajstić information content (AvgIpc) is 2.66. The van der Waals surface area contributed by atoms with Gasteiger partial charge in [-0.05, 0) is 55.9 Å². The second kappa shape index (κ2) is 6.77. The van der Waals surface area contributed by atoms with Gasteiger partial charge in [-0.25, -0.2) is 0 Å². The summed E-state index contributed by atoms with van der Waals surface area (Å²) in [6, 6.07) is 10.2. The molecule has 25 heavy (non-hydrogen) atoms. The summed E-state index contributed by atoms with van der Waals surface area (Å²) in [4.78, 5) is 4.75. The lowest BCUT2D eigenvalue weighted by Gasteiger charge is -2.38. The number of para-hydroxylation sites is 1. The molecule has 1 atom stereocenters. The highest BCUT2D eigenvalue weighted by atomic mass is 16.5. The first-order valence-electron chi connectivity index (χ1n) is 9.28. The van der Waals surface area contributed by atoms with Crippen molar-refractivity contribution < 1.29 is 9.84 Å². The van der Waals surface area contributed by atoms with Crippen molar-refractivity contribution >= 4 is 0 Å². The molecule has 0 spiro atoms. The van der Waals surface area contributed by atoms with E-state index in [0.29, 0.717) is 6.61 Å². The van der Waals surface area contributed by atoms with E-state index in [1.54, 1.807) is 0 Å². The summed E-state index contributed by atoms with van der Waals surface area (Å²) >= 11 is 0. The van der Waals surface area contributed by atoms with Crippen LogP contribution in [0.5, 0.6) is 5.75 Å². The fraction of sp³-hybridized carbons (Fsp3) is 0.476. The molecule has 1 unspecified atom stereocenters. The van der Waals surface area contributed by atoms with Crippen LogP contribution in [-0.2, 0) is 24.9 Å². The zero-order valence-corrected chi connectivity index (χ0v) is 14.8. The molecule has 0 amide bonds. The molecule has 0 saturated heterocycles. The lowest BCUT2D eigenvalue weighted by atomic mass is 9.84. The molecule has 1 aromatic carbocycles. The molecule has 4 rings (SSSR count). The molecule has 0 bridgehead atoms. The lowest BCUT2D eigenvalue weighted by molar-refractivity contribution is 0.106. The molecule has 0 fully saturated rings. The van der Waals surface area contributed by atoms with Gasteiger partial charge in [-0.2, -0.15) is 0 Å². The van der Waals surface area contributed by atoms with Crippen molar-refractivity contribution in [2.75, 3.05) is 13.2 Å². The molecule has 4 nitrogen and oxygen atoms in total. The highest BCUT2D eigenvalue weighted by molar-refractivity contribution is 5.41. The summed E-state index contributed by atoms with van der Waals surface area (Å²) < 4.78 is 5.78. The summed E-state index contributed by atoms with van der Waals surface area (Å²) in [5.41, 5.74) is 5.73. The first-order chi connectivity index (χ1) is 12.2. The normalized spacial score (nSPS) is 22.0. The number of ether oxygens (including phenoxy) is 1. The molecule has 2 N–H and O–H groups in total. The summed E-state index contributed by atoms with van der Waals surface area (Å²) in [7, 11) is 0. The maximum absolute atomic E-state index is 10.2. The SMILES string of the molecule is Cc1cc(CNC2(CO)CCOc3ccccc32)c2c(n1)CCCC2. The Morgan fingerprint density at radius 1 is 1.24 bits per heavy atom. The van der Waals surface area contributed by atoms with E-state index in [1.165, 1.54) is 29.7 Å². The number of fused-ring (bicyclic) bond motifs is 2. The lowest BCUT2D eigenvalue weighted by Crippen LogP contribution is -2.48. The van der Waals surface area contributed by atoms with Crippen molar-refractivity contribution in [3.63, 3.8) is 0 Å². The van der Waals surface area contributed by atoms with Crippen LogP contribution in [0.2, 0.25) is 0 Å². The average molecular weight is 338 g/mol. The summed E-state index contributed by atoms with van der Waals surface area (Å²) in [5, 5.41) is 13.9. The Morgan fingerprint density at radius 2 is 2.08 bits per heavy atom. The second-order valence-corrected chi connectivity index (χ2v) is 7.24. The number of rotatable bonds is 4. The van der Waals surface area contributed by atoms with Crippen LogP contribution >= 0.6 is 0 Å². The van der Waals surface area contributed by atoms with Crippen molar-refractivity contribution in [3.05, 3.63) is 58.4 Å². The molecular formula is C21H26N2O2. The zero-order chi connectivity index (χ0) is 17.3. The predicted octanol–water partition coefficient (Wildman–Crippen LogP) is 3.03. The standard InChI is InChI=1S/C21H26N2O2/c1-15-12-16(17-6-2-4-8-19(17)23-15)13-22-21(14-24)10-11-25-20-9-5-3-7-18(20)21/h3,5,7,9,12,22,24H,2,4,6,8,10-11,13-14H2,1H3. The van der Waals surface area contributed by atoms with E-state index in [1.807, 2.05) is 18.2 Å². The fourth-order valence-electron chi connectivity index (χ4n) is 4.23. The van der Waals surface area contributed by atoms with Gasteiger partial charge in [-0.1, -0.05) is 18.2 Å². The van der Waals surface area contributed by atoms with Gasteiger partial charge >= 0.3 is 0 Å². The quantitative estimate of drug-likeness (QED) is 0.900. The minimum Gasteiger partial charge on any atom is -0.493 e. The third kappa shape index (κ3) is 3.05. The number of hydrogen-bond acceptors (Lipinski definition) is 4. The molecule has 132 valence electrons. The van der Waals surface area contributed by atoms with Gasteiger partial charge in [-0.15, -0.1) is 0 Å². The molecule has 2 aliphatic rings. The summed E-state index contributed by atoms with van der Waals surface area (Å²) in [6.07, 6.45) is 5.46. The predicted molar refractivity (Wildman–Crippen MR) is 97.8 cm³/mol. The molecule has 0 saturated carbocycles. The van der Waals surface area contributed by atoms with Crippen LogP contribution in [0.1, 0.15) is 47.3 Å². The molecule has 1 aliphatic carbocycles. The van der Waals surface area contributed by atoms with Crippen LogP contribution in [0.25, 0.3) is 0 Å². The van der Waals surface area contributed by atoms with E-state index < -0.39 is 5.54 Å². The third-order valence-electron chi connectivity index (χ3n) is 5.60. The van der Waals surface area contributed by atoms with Crippen molar-refractivity contribution in [3.8, 4) is 5.75 Å². The van der Waals surface area contributed by atoms with E-state index in [-0.39, 0.29) is 6.61 Å². The number of nitrogens with zero attached hydrogens (tertiary/aromatic N) is 1. The van der Waals surface area contributed by atoms with Crippen LogP contribution in [0.15, 0.2) is 30.3 Å². The Kier molecular flexibility index (Phi) is 4.48. The van der Waals surface area contributed by atoms with Gasteiger partial charge in [0.25, 0.3) is 0 Å². The van der Waals surface area contributed by atoms with Gasteiger partial charge in [0.15, 0.2) is 0 Å². The Bertz CT molecular complexity index is 774. The second-order valence-electron chi connectivity index (χ2n) is 7.24. The van der Waals surface area contributed by atoms with Crippen molar-refractivity contribution in [2.24, 2.45) is 0 Å². The third-order valence-corrected chi connectivity index (χ3v) is 5.60. The number of aliphatic hydroxyl groups is 1. The van der Waals surface area contributed by atoms with E-state index >= 15 is 0 Å². The number of hydrogen-bond donors (Lipinski definition) is 2. The van der Waals surface area contributed by atoms with Gasteiger partial charge in [0.2, 0.25) is 0 Å². The number of aryl methyl sites for hydroxylation is 2. The van der Waals surface area contributed by atoms with Crippen molar-refractivity contribution in [1.82, 2.24) is 10.3 Å². The Hall–Kier alpha value is -1.91. The molecule has 2 aromatic rings. The van der Waals surface area contributed by atoms with E-state index in [0.717, 1.165) is 42.8 Å². The largest absolute Gasteiger partial charge is 0.493 e. The van der Waals surface area contributed by atoms with Crippen LogP contribution in [0.3, 0.4) is 0 Å². The van der Waals surface area contributed by atoms with Crippen LogP contribution in [0.4, 0.5) is 0 Å². The van der Waals surface area contributed by atoms with Gasteiger partial charge < -0.3 is 15.2 Å². The minimum absolute atomic E-state index is 0.0691. The van der Waals surface area contributed by atoms with E-state index in [9.17, 15) is 5.11 Å². The number of pyridine rings is 1. The van der Waals surface area contributed by atoms with Gasteiger partial charge in [0.05, 0.1) is 18.8 Å². The zero-order valence-electron chi connectivity index (χ0n) is 14.8. The highest BCUT2D eigenvalue weighted by Gasteiger charge is 2.37. The van der Waals surface area contributed by atoms with E-state index in [4.69, 9.17) is 9.72 Å². The highest BCUT2D eigenvalue weighted by Crippen LogP contribution is 2.37. The van der Waals surface area contributed by atoms with Crippen LogP contribution < -0.4 is 10.1 Å². The van der Waals surface area contributed by atoms with Gasteiger partial charge in [0.1, 0.15) is 5.75 Å². The Balaban J connectivity index is 1.64. The van der Waals surface area contributed by atoms with Crippen LogP contribution in [0, 0.1) is 6.92 Å². The monoisotopic (exact) mass is 338 g/mol. The van der Waals surface area contributed by atoms with Crippen LogP contribution in [-0.4, -0.2) is 23.3 Å². The minimum atomic E-state index is -0.437. The fourth-order valence-corrected chi connectivity index (χ4v) is 4.23. The smallest absolute Gasteiger partial charge is 0.124 e. The molecule has 1 aliphatic heterocycles. The Morgan fingerprint density at radius 3 is 2.96 bits per heavy atom. The molecule has 2 heterocycles. The number of benzene rings is 1. The molecular weight excluding hydrogens is 312 g/mol. The first-order valence-corrected chi connectivity index (χ1v) is 9.28. The number of nitrogens with one attached hydrogen (secondary N) is 1. The molecule has 0 radical (unpaired) electrons. The maximum atomic E-state index is 10.2. The molecule has 1 aromatic heterocycles. The maximum Gasteiger partial charge on any atom is 0.124 e. The molecule has 4 heteroatoms. The topological polar surface area (TPSA) is 54.4 Å². The van der Waals surface area contributed by atoms with E-state index in [2.05, 4.69) is 24.4 Å². The first kappa shape index (κ1) is 16.6. The van der Waals surface area contributed by atoms with Gasteiger partial charge in [0, 0.05) is 29.9 Å². The number of aliphatic hydroxyl groups excluding tert-OH is 1. The Labute approximate surface area is 149 Å².